The van der Waals surface area contributed by atoms with Crippen molar-refractivity contribution in [1.82, 2.24) is 9.88 Å². The van der Waals surface area contributed by atoms with Gasteiger partial charge >= 0.3 is 6.09 Å². The van der Waals surface area contributed by atoms with E-state index in [9.17, 15) is 9.90 Å². The number of likely N-dealkylation sites (tertiary alicyclic amines) is 1. The Morgan fingerprint density at radius 3 is 2.51 bits per heavy atom. The van der Waals surface area contributed by atoms with E-state index in [-0.39, 0.29) is 6.61 Å². The lowest BCUT2D eigenvalue weighted by atomic mass is 9.88. The Kier molecular flexibility index (Phi) is 8.97. The maximum absolute atomic E-state index is 12.0. The summed E-state index contributed by atoms with van der Waals surface area (Å²) in [5.41, 5.74) is 7.63. The number of aliphatic hydroxyl groups excluding tert-OH is 1. The Morgan fingerprint density at radius 2 is 1.78 bits per heavy atom. The van der Waals surface area contributed by atoms with Gasteiger partial charge in [0.2, 0.25) is 0 Å². The molecule has 0 saturated carbocycles. The van der Waals surface area contributed by atoms with E-state index in [0.717, 1.165) is 49.5 Å². The van der Waals surface area contributed by atoms with Gasteiger partial charge in [0.05, 0.1) is 5.69 Å². The second-order valence-corrected chi connectivity index (χ2v) is 12.1. The summed E-state index contributed by atoms with van der Waals surface area (Å²) in [5.74, 6) is 0.628. The molecule has 2 aromatic carbocycles. The smallest absolute Gasteiger partial charge is 0.412 e. The molecule has 1 atom stereocenters. The Bertz CT molecular complexity index is 1400. The highest BCUT2D eigenvalue weighted by atomic mass is 35.5. The summed E-state index contributed by atoms with van der Waals surface area (Å²) in [4.78, 5) is 19.1. The quantitative estimate of drug-likeness (QED) is 0.348. The average Bonchev–Trinajstić information content (AvgIpc) is 3.09. The van der Waals surface area contributed by atoms with E-state index in [1.165, 1.54) is 27.8 Å². The number of aromatic nitrogens is 1. The van der Waals surface area contributed by atoms with Gasteiger partial charge in [-0.25, -0.2) is 4.79 Å². The van der Waals surface area contributed by atoms with Crippen molar-refractivity contribution in [2.45, 2.75) is 58.2 Å². The minimum Gasteiger partial charge on any atom is -0.491 e. The number of pyridine rings is 1. The van der Waals surface area contributed by atoms with Crippen LogP contribution in [0.2, 0.25) is 5.02 Å². The molecule has 7 nitrogen and oxygen atoms in total. The first-order valence-corrected chi connectivity index (χ1v) is 14.6. The van der Waals surface area contributed by atoms with Crippen molar-refractivity contribution < 1.29 is 19.4 Å². The van der Waals surface area contributed by atoms with E-state index >= 15 is 0 Å². The number of carbonyl (C=O) groups excluding carboxylic acids is 1. The summed E-state index contributed by atoms with van der Waals surface area (Å²) in [6, 6.07) is 17.5. The standard InChI is InChI=1S/C33H38ClN3O4/c1-33(2,3)41-32(39)36-26-9-11-28(12-10-26)40-21-27(38)20-37-17-14-22(15-18-37)30-29-13-8-25(34)19-24(29)7-6-23-5-4-16-35-31(23)30/h4-5,8-13,16,19,27,38H,6-7,14-15,17-18,20-21H2,1-3H3,(H,36,39). The third-order valence-corrected chi connectivity index (χ3v) is 7.59. The number of hydrogen-bond donors (Lipinski definition) is 2. The molecule has 2 aliphatic rings. The van der Waals surface area contributed by atoms with Crippen LogP contribution >= 0.6 is 11.6 Å². The van der Waals surface area contributed by atoms with Crippen molar-refractivity contribution in [3.05, 3.63) is 93.8 Å². The number of ether oxygens (including phenoxy) is 2. The Balaban J connectivity index is 1.17. The average molecular weight is 576 g/mol. The van der Waals surface area contributed by atoms with Crippen LogP contribution in [0.5, 0.6) is 5.75 Å². The fourth-order valence-electron chi connectivity index (χ4n) is 5.49. The molecular weight excluding hydrogens is 538 g/mol. The first-order chi connectivity index (χ1) is 19.6. The molecule has 5 rings (SSSR count). The minimum atomic E-state index is -0.619. The number of hydrogen-bond acceptors (Lipinski definition) is 6. The molecule has 1 saturated heterocycles. The molecule has 8 heteroatoms. The van der Waals surface area contributed by atoms with Gasteiger partial charge in [-0.15, -0.1) is 0 Å². The predicted octanol–water partition coefficient (Wildman–Crippen LogP) is 6.52. The maximum Gasteiger partial charge on any atom is 0.412 e. The highest BCUT2D eigenvalue weighted by Crippen LogP contribution is 2.38. The third-order valence-electron chi connectivity index (χ3n) is 7.35. The molecule has 0 bridgehead atoms. The van der Waals surface area contributed by atoms with Gasteiger partial charge in [-0.05, 0) is 106 Å². The van der Waals surface area contributed by atoms with Crippen molar-refractivity contribution in [2.75, 3.05) is 31.6 Å². The van der Waals surface area contributed by atoms with Gasteiger partial charge in [0.15, 0.2) is 0 Å². The van der Waals surface area contributed by atoms with Crippen LogP contribution in [-0.4, -0.2) is 59.0 Å². The summed E-state index contributed by atoms with van der Waals surface area (Å²) < 4.78 is 11.1. The van der Waals surface area contributed by atoms with Gasteiger partial charge in [0.1, 0.15) is 24.1 Å². The molecule has 1 aromatic heterocycles. The highest BCUT2D eigenvalue weighted by molar-refractivity contribution is 6.30. The number of amides is 1. The number of anilines is 1. The van der Waals surface area contributed by atoms with E-state index in [1.54, 1.807) is 24.3 Å². The molecule has 1 unspecified atom stereocenters. The lowest BCUT2D eigenvalue weighted by Crippen LogP contribution is -2.39. The van der Waals surface area contributed by atoms with Gasteiger partial charge < -0.3 is 14.6 Å². The molecule has 3 aromatic rings. The molecule has 41 heavy (non-hydrogen) atoms. The first kappa shape index (κ1) is 29.1. The molecule has 1 aliphatic carbocycles. The Hall–Kier alpha value is -3.39. The van der Waals surface area contributed by atoms with Crippen LogP contribution in [0.25, 0.3) is 5.57 Å². The van der Waals surface area contributed by atoms with Crippen LogP contribution in [0, 0.1) is 0 Å². The number of aryl methyl sites for hydroxylation is 2. The number of benzene rings is 2. The molecule has 2 heterocycles. The second kappa shape index (κ2) is 12.6. The minimum absolute atomic E-state index is 0.189. The number of fused-ring (bicyclic) bond motifs is 2. The lowest BCUT2D eigenvalue weighted by Gasteiger charge is -2.31. The summed E-state index contributed by atoms with van der Waals surface area (Å²) in [6.45, 7) is 7.92. The lowest BCUT2D eigenvalue weighted by molar-refractivity contribution is 0.0636. The van der Waals surface area contributed by atoms with Gasteiger partial charge in [0.25, 0.3) is 0 Å². The topological polar surface area (TPSA) is 83.9 Å². The van der Waals surface area contributed by atoms with Gasteiger partial charge in [0, 0.05) is 42.1 Å². The molecule has 1 aliphatic heterocycles. The molecule has 0 radical (unpaired) electrons. The largest absolute Gasteiger partial charge is 0.491 e. The number of carbonyl (C=O) groups is 1. The summed E-state index contributed by atoms with van der Waals surface area (Å²) in [7, 11) is 0. The van der Waals surface area contributed by atoms with Crippen molar-refractivity contribution in [3.8, 4) is 5.75 Å². The number of β-amino-alcohol motifs (C(OH)–C–C–N with tert-alkyl or cyclic N) is 1. The molecule has 0 spiro atoms. The van der Waals surface area contributed by atoms with Crippen LogP contribution in [0.4, 0.5) is 10.5 Å². The van der Waals surface area contributed by atoms with Crippen molar-refractivity contribution in [2.24, 2.45) is 0 Å². The maximum atomic E-state index is 12.0. The number of aliphatic hydroxyl groups is 1. The number of rotatable bonds is 6. The fourth-order valence-corrected chi connectivity index (χ4v) is 5.68. The van der Waals surface area contributed by atoms with E-state index in [4.69, 9.17) is 26.1 Å². The molecule has 1 fully saturated rings. The monoisotopic (exact) mass is 575 g/mol. The van der Waals surface area contributed by atoms with E-state index in [1.807, 2.05) is 39.1 Å². The van der Waals surface area contributed by atoms with Crippen LogP contribution < -0.4 is 10.1 Å². The molecular formula is C33H38ClN3O4. The highest BCUT2D eigenvalue weighted by Gasteiger charge is 2.26. The molecule has 2 N–H and O–H groups in total. The summed E-state index contributed by atoms with van der Waals surface area (Å²) in [6.07, 6.45) is 4.51. The SMILES string of the molecule is CC(C)(C)OC(=O)Nc1ccc(OCC(O)CN2CCC(=C3c4ccc(Cl)cc4CCc4cccnc43)CC2)cc1. The number of piperidine rings is 1. The van der Waals surface area contributed by atoms with Crippen molar-refractivity contribution in [3.63, 3.8) is 0 Å². The third kappa shape index (κ3) is 7.67. The Labute approximate surface area is 247 Å². The van der Waals surface area contributed by atoms with E-state index < -0.39 is 17.8 Å². The summed E-state index contributed by atoms with van der Waals surface area (Å²) in [5, 5.41) is 14.2. The predicted molar refractivity (Wildman–Crippen MR) is 163 cm³/mol. The normalized spacial score (nSPS) is 16.3. The van der Waals surface area contributed by atoms with Crippen LogP contribution in [0.3, 0.4) is 0 Å². The molecule has 1 amide bonds. The zero-order valence-electron chi connectivity index (χ0n) is 24.0. The fraction of sp³-hybridized carbons (Fsp3) is 0.394. The van der Waals surface area contributed by atoms with Gasteiger partial charge in [-0.2, -0.15) is 0 Å². The van der Waals surface area contributed by atoms with Crippen LogP contribution in [0.15, 0.2) is 66.4 Å². The van der Waals surface area contributed by atoms with Gasteiger partial charge in [-0.1, -0.05) is 29.3 Å². The zero-order valence-corrected chi connectivity index (χ0v) is 24.7. The van der Waals surface area contributed by atoms with Gasteiger partial charge in [-0.3, -0.25) is 15.2 Å². The van der Waals surface area contributed by atoms with Crippen molar-refractivity contribution in [1.29, 1.82) is 0 Å². The van der Waals surface area contributed by atoms with Crippen LogP contribution in [0.1, 0.15) is 56.0 Å². The summed E-state index contributed by atoms with van der Waals surface area (Å²) >= 11 is 6.36. The van der Waals surface area contributed by atoms with E-state index in [2.05, 4.69) is 28.4 Å². The number of nitrogens with one attached hydrogen (secondary N) is 1. The molecule has 216 valence electrons. The number of halogens is 1. The second-order valence-electron chi connectivity index (χ2n) is 11.7. The number of nitrogens with zero attached hydrogens (tertiary/aromatic N) is 2. The Morgan fingerprint density at radius 1 is 1.05 bits per heavy atom. The zero-order chi connectivity index (χ0) is 29.0. The first-order valence-electron chi connectivity index (χ1n) is 14.2. The van der Waals surface area contributed by atoms with E-state index in [0.29, 0.717) is 18.0 Å². The van der Waals surface area contributed by atoms with Crippen molar-refractivity contribution >= 4 is 29.0 Å². The van der Waals surface area contributed by atoms with Crippen LogP contribution in [-0.2, 0) is 17.6 Å².